The molecule has 13 nitrogen and oxygen atoms in total. The summed E-state index contributed by atoms with van der Waals surface area (Å²) in [5.74, 6) is -3.82. The van der Waals surface area contributed by atoms with E-state index in [9.17, 15) is 30.3 Å². The van der Waals surface area contributed by atoms with Crippen LogP contribution in [0, 0.1) is 17.8 Å². The first-order chi connectivity index (χ1) is 26.9. The van der Waals surface area contributed by atoms with Crippen molar-refractivity contribution in [2.45, 2.75) is 209 Å². The predicted octanol–water partition coefficient (Wildman–Crippen LogP) is 5.21. The van der Waals surface area contributed by atoms with Gasteiger partial charge >= 0.3 is 5.97 Å². The van der Waals surface area contributed by atoms with Gasteiger partial charge in [-0.25, -0.2) is 4.79 Å². The largest absolute Gasteiger partial charge is 0.479 e. The summed E-state index contributed by atoms with van der Waals surface area (Å²) in [5.41, 5.74) is -0.551. The lowest BCUT2D eigenvalue weighted by Gasteiger charge is -2.50. The van der Waals surface area contributed by atoms with Crippen LogP contribution in [0.15, 0.2) is 36.0 Å². The third-order valence-corrected chi connectivity index (χ3v) is 14.0. The Kier molecular flexibility index (Phi) is 12.9. The first-order valence-corrected chi connectivity index (χ1v) is 21.7. The van der Waals surface area contributed by atoms with Gasteiger partial charge in [-0.2, -0.15) is 0 Å². The summed E-state index contributed by atoms with van der Waals surface area (Å²) >= 11 is 0. The Balaban J connectivity index is 0.920. The van der Waals surface area contributed by atoms with E-state index in [4.69, 9.17) is 33.2 Å². The van der Waals surface area contributed by atoms with Crippen molar-refractivity contribution in [1.82, 2.24) is 0 Å². The Bertz CT molecular complexity index is 1510. The number of hydrogen-bond acceptors (Lipinski definition) is 12. The van der Waals surface area contributed by atoms with E-state index in [1.807, 2.05) is 19.9 Å². The highest BCUT2D eigenvalue weighted by molar-refractivity contribution is 5.76. The van der Waals surface area contributed by atoms with E-state index in [0.717, 1.165) is 50.7 Å². The van der Waals surface area contributed by atoms with Gasteiger partial charge in [0, 0.05) is 38.0 Å². The van der Waals surface area contributed by atoms with Crippen molar-refractivity contribution in [3.8, 4) is 0 Å². The smallest absolute Gasteiger partial charge is 0.335 e. The number of aliphatic hydroxyl groups excluding tert-OH is 3. The fourth-order valence-corrected chi connectivity index (χ4v) is 10.5. The molecule has 7 aliphatic rings. The second-order valence-electron chi connectivity index (χ2n) is 18.9. The topological polar surface area (TPSA) is 183 Å². The third-order valence-electron chi connectivity index (χ3n) is 14.0. The molecule has 5 N–H and O–H groups in total. The average Bonchev–Trinajstić information content (AvgIpc) is 3.56. The maximum atomic E-state index is 11.6. The fraction of sp³-hybridized carbons (Fsp3) is 0.841. The second kappa shape index (κ2) is 17.0. The number of aliphatic hydroxyl groups is 4. The van der Waals surface area contributed by atoms with Gasteiger partial charge in [0.25, 0.3) is 0 Å². The highest BCUT2D eigenvalue weighted by Gasteiger charge is 2.55. The van der Waals surface area contributed by atoms with Crippen LogP contribution in [-0.2, 0) is 38.0 Å². The Hall–Kier alpha value is -1.75. The van der Waals surface area contributed by atoms with Crippen LogP contribution < -0.4 is 0 Å². The molecular weight excluding hydrogens is 736 g/mol. The molecule has 17 atom stereocenters. The van der Waals surface area contributed by atoms with Crippen LogP contribution >= 0.6 is 0 Å². The molecule has 0 unspecified atom stereocenters. The van der Waals surface area contributed by atoms with Gasteiger partial charge in [0.1, 0.15) is 24.4 Å². The molecule has 0 bridgehead atoms. The summed E-state index contributed by atoms with van der Waals surface area (Å²) in [6.45, 7) is 14.5. The molecule has 7 rings (SSSR count). The van der Waals surface area contributed by atoms with Gasteiger partial charge in [-0.15, -0.1) is 0 Å². The molecule has 7 heterocycles. The van der Waals surface area contributed by atoms with Crippen molar-refractivity contribution in [1.29, 1.82) is 0 Å². The molecule has 57 heavy (non-hydrogen) atoms. The van der Waals surface area contributed by atoms with E-state index >= 15 is 0 Å². The number of aliphatic carboxylic acids is 1. The Morgan fingerprint density at radius 1 is 1.00 bits per heavy atom. The van der Waals surface area contributed by atoms with E-state index in [1.54, 1.807) is 6.08 Å². The molecular formula is C44H68O13. The molecule has 0 aliphatic carbocycles. The van der Waals surface area contributed by atoms with Crippen LogP contribution in [0.3, 0.4) is 0 Å². The fourth-order valence-electron chi connectivity index (χ4n) is 10.5. The molecule has 3 spiro atoms. The standard InChI is InChI=1S/C44H68O13/c1-25-21-34(55-44(23-25)35(46)12-11-31(54-44)24-41(6,50)40(48)49)26(2)9-10-30-14-18-43(53-30)19-15-33-39(57-43)36(47)29(5)38(52-33)32(45)22-28(4)37-27(3)13-17-42(56-37)16-7-8-20-51-42/h9-10,23,26-28,30-39,45-47,50H,5,7-8,11-22,24H2,1-4,6H3,(H,48,49)/b10-9+/t26-,27-,28+,30+,31+,32+,33+,34+,35-,36-,37-,38+,39-,41-,42+,43-,44-/m1/s1. The molecule has 0 radical (unpaired) electrons. The number of ether oxygens (including phenoxy) is 7. The van der Waals surface area contributed by atoms with E-state index in [0.29, 0.717) is 56.4 Å². The minimum atomic E-state index is -1.96. The quantitative estimate of drug-likeness (QED) is 0.182. The van der Waals surface area contributed by atoms with Crippen LogP contribution in [-0.4, -0.2) is 122 Å². The minimum Gasteiger partial charge on any atom is -0.479 e. The number of hydrogen-bond donors (Lipinski definition) is 5. The maximum Gasteiger partial charge on any atom is 0.335 e. The van der Waals surface area contributed by atoms with Gasteiger partial charge < -0.3 is 58.7 Å². The van der Waals surface area contributed by atoms with Crippen molar-refractivity contribution in [2.24, 2.45) is 17.8 Å². The van der Waals surface area contributed by atoms with Gasteiger partial charge in [-0.1, -0.05) is 45.1 Å². The van der Waals surface area contributed by atoms with Crippen LogP contribution in [0.4, 0.5) is 0 Å². The number of carbonyl (C=O) groups is 1. The first-order valence-electron chi connectivity index (χ1n) is 21.7. The number of rotatable bonds is 10. The molecule has 6 fully saturated rings. The lowest BCUT2D eigenvalue weighted by Crippen LogP contribution is -2.60. The van der Waals surface area contributed by atoms with Gasteiger partial charge in [0.15, 0.2) is 17.2 Å². The van der Waals surface area contributed by atoms with Crippen molar-refractivity contribution in [3.63, 3.8) is 0 Å². The molecule has 0 aromatic heterocycles. The van der Waals surface area contributed by atoms with Crippen LogP contribution in [0.25, 0.3) is 0 Å². The van der Waals surface area contributed by atoms with E-state index in [1.165, 1.54) is 6.92 Å². The maximum absolute atomic E-state index is 11.6. The zero-order valence-electron chi connectivity index (χ0n) is 34.6. The van der Waals surface area contributed by atoms with Crippen molar-refractivity contribution in [2.75, 3.05) is 6.61 Å². The van der Waals surface area contributed by atoms with Crippen LogP contribution in [0.2, 0.25) is 0 Å². The Labute approximate surface area is 337 Å². The van der Waals surface area contributed by atoms with Gasteiger partial charge in [0.2, 0.25) is 5.79 Å². The lowest BCUT2D eigenvalue weighted by atomic mass is 9.79. The second-order valence-corrected chi connectivity index (χ2v) is 18.9. The molecule has 6 saturated heterocycles. The summed E-state index contributed by atoms with van der Waals surface area (Å²) in [5, 5.41) is 54.0. The molecule has 0 aromatic carbocycles. The van der Waals surface area contributed by atoms with Crippen molar-refractivity contribution >= 4 is 5.97 Å². The molecule has 13 heteroatoms. The summed E-state index contributed by atoms with van der Waals surface area (Å²) in [6.07, 6.45) is 9.37. The normalized spacial score (nSPS) is 45.4. The zero-order chi connectivity index (χ0) is 40.9. The zero-order valence-corrected chi connectivity index (χ0v) is 34.6. The van der Waals surface area contributed by atoms with E-state index < -0.39 is 71.7 Å². The molecule has 0 aromatic rings. The highest BCUT2D eigenvalue weighted by Crippen LogP contribution is 2.47. The molecule has 322 valence electrons. The average molecular weight is 805 g/mol. The van der Waals surface area contributed by atoms with Gasteiger partial charge in [-0.05, 0) is 95.1 Å². The Morgan fingerprint density at radius 3 is 2.49 bits per heavy atom. The van der Waals surface area contributed by atoms with Gasteiger partial charge in [-0.3, -0.25) is 0 Å². The minimum absolute atomic E-state index is 0.0423. The summed E-state index contributed by atoms with van der Waals surface area (Å²) in [6, 6.07) is 0. The van der Waals surface area contributed by atoms with Crippen LogP contribution in [0.5, 0.6) is 0 Å². The molecule has 0 saturated carbocycles. The van der Waals surface area contributed by atoms with Crippen LogP contribution in [0.1, 0.15) is 125 Å². The third kappa shape index (κ3) is 9.15. The first kappa shape index (κ1) is 43.3. The SMILES string of the molecule is C=C1[C@@H](O)[C@@H]2O[C@@]3(CC[C@@H]2O[C@@H]1[C@@H](O)C[C@H](C)[C@@H]1O[C@@]2(CCCCO2)CC[C@H]1C)CC[C@H](/C=C/[C@@H](C)[C@@H]1CC(C)=C[C@@]2(O[C@H](C[C@@](C)(O)C(=O)O)CC[C@H]2O)O1)O3. The highest BCUT2D eigenvalue weighted by atomic mass is 16.7. The lowest BCUT2D eigenvalue weighted by molar-refractivity contribution is -0.321. The number of carboxylic acids is 1. The van der Waals surface area contributed by atoms with Crippen molar-refractivity contribution < 1.29 is 63.5 Å². The van der Waals surface area contributed by atoms with Gasteiger partial charge in [0.05, 0.1) is 43.2 Å². The molecule has 0 amide bonds. The summed E-state index contributed by atoms with van der Waals surface area (Å²) in [4.78, 5) is 11.6. The van der Waals surface area contributed by atoms with E-state index in [2.05, 4.69) is 26.5 Å². The number of carboxylic acid groups (broad SMARTS) is 1. The summed E-state index contributed by atoms with van der Waals surface area (Å²) in [7, 11) is 0. The molecule has 7 aliphatic heterocycles. The van der Waals surface area contributed by atoms with Crippen molar-refractivity contribution in [3.05, 3.63) is 36.0 Å². The predicted molar refractivity (Wildman–Crippen MR) is 208 cm³/mol. The monoisotopic (exact) mass is 804 g/mol. The number of fused-ring (bicyclic) bond motifs is 1. The van der Waals surface area contributed by atoms with E-state index in [-0.39, 0.29) is 36.6 Å². The Morgan fingerprint density at radius 2 is 1.75 bits per heavy atom. The summed E-state index contributed by atoms with van der Waals surface area (Å²) < 4.78 is 45.2.